The van der Waals surface area contributed by atoms with Gasteiger partial charge < -0.3 is 24.4 Å². The van der Waals surface area contributed by atoms with E-state index in [4.69, 9.17) is 14.2 Å². The van der Waals surface area contributed by atoms with Crippen molar-refractivity contribution < 1.29 is 31.9 Å². The summed E-state index contributed by atoms with van der Waals surface area (Å²) >= 11 is 0. The molecule has 0 aliphatic carbocycles. The molecule has 1 N–H and O–H groups in total. The highest BCUT2D eigenvalue weighted by Gasteiger charge is 2.30. The predicted octanol–water partition coefficient (Wildman–Crippen LogP) is 3.93. The van der Waals surface area contributed by atoms with Crippen LogP contribution in [0.5, 0.6) is 17.2 Å². The second-order valence-corrected chi connectivity index (χ2v) is 11.0. The lowest BCUT2D eigenvalue weighted by Crippen LogP contribution is -2.48. The number of sulfonamides is 1. The van der Waals surface area contributed by atoms with Crippen LogP contribution in [0, 0.1) is 15.9 Å². The fraction of sp³-hybridized carbons (Fsp3) is 0.333. The first-order valence-electron chi connectivity index (χ1n) is 12.5. The molecule has 3 aromatic rings. The summed E-state index contributed by atoms with van der Waals surface area (Å²) in [6.45, 7) is 1.51. The molecule has 40 heavy (non-hydrogen) atoms. The number of halogens is 1. The minimum atomic E-state index is -3.90. The fourth-order valence-electron chi connectivity index (χ4n) is 4.54. The van der Waals surface area contributed by atoms with Crippen LogP contribution in [0.4, 0.5) is 21.5 Å². The number of ether oxygens (including phenoxy) is 3. The molecule has 13 heteroatoms. The molecule has 0 saturated carbocycles. The van der Waals surface area contributed by atoms with Crippen LogP contribution < -0.4 is 24.4 Å². The highest BCUT2D eigenvalue weighted by molar-refractivity contribution is 7.89. The first kappa shape index (κ1) is 28.9. The second kappa shape index (κ2) is 12.4. The predicted molar refractivity (Wildman–Crippen MR) is 149 cm³/mol. The van der Waals surface area contributed by atoms with Gasteiger partial charge in [-0.15, -0.1) is 0 Å². The summed E-state index contributed by atoms with van der Waals surface area (Å²) < 4.78 is 57.0. The van der Waals surface area contributed by atoms with Gasteiger partial charge in [0.2, 0.25) is 10.0 Å². The maximum atomic E-state index is 14.1. The Morgan fingerprint density at radius 2 is 1.57 bits per heavy atom. The average Bonchev–Trinajstić information content (AvgIpc) is 2.96. The summed E-state index contributed by atoms with van der Waals surface area (Å²) in [6, 6.07) is 13.9. The van der Waals surface area contributed by atoms with Gasteiger partial charge >= 0.3 is 0 Å². The zero-order chi connectivity index (χ0) is 28.9. The molecule has 1 heterocycles. The van der Waals surface area contributed by atoms with Crippen LogP contribution in [0.2, 0.25) is 0 Å². The molecule has 1 fully saturated rings. The molecule has 214 valence electrons. The molecule has 11 nitrogen and oxygen atoms in total. The van der Waals surface area contributed by atoms with Gasteiger partial charge in [-0.3, -0.25) is 10.1 Å². The number of hydrogen-bond acceptors (Lipinski definition) is 9. The van der Waals surface area contributed by atoms with E-state index < -0.39 is 20.8 Å². The van der Waals surface area contributed by atoms with Crippen LogP contribution >= 0.6 is 0 Å². The van der Waals surface area contributed by atoms with Crippen LogP contribution in [-0.4, -0.2) is 71.7 Å². The van der Waals surface area contributed by atoms with Crippen molar-refractivity contribution in [3.8, 4) is 17.2 Å². The van der Waals surface area contributed by atoms with Gasteiger partial charge in [-0.05, 0) is 54.4 Å². The van der Waals surface area contributed by atoms with Gasteiger partial charge in [0.15, 0.2) is 23.1 Å². The lowest BCUT2D eigenvalue weighted by atomic mass is 10.1. The van der Waals surface area contributed by atoms with Crippen LogP contribution in [0.15, 0.2) is 59.5 Å². The number of benzene rings is 3. The van der Waals surface area contributed by atoms with Gasteiger partial charge in [0.1, 0.15) is 5.69 Å². The molecular formula is C27H31FN4O7S. The molecule has 0 atom stereocenters. The molecule has 1 saturated heterocycles. The number of nitro groups is 1. The maximum absolute atomic E-state index is 14.1. The summed E-state index contributed by atoms with van der Waals surface area (Å²) in [5, 5.41) is 14.8. The van der Waals surface area contributed by atoms with Gasteiger partial charge in [0.25, 0.3) is 5.69 Å². The lowest BCUT2D eigenvalue weighted by molar-refractivity contribution is -0.383. The SMILES string of the molecule is COc1ccc(S(=O)(=O)N2CCN(c3ccc([N+](=O)[O-])c(NCCc4ccc(OC)c(OC)c4)c3)CC2)cc1F. The molecule has 4 rings (SSSR count). The molecule has 0 spiro atoms. The average molecular weight is 575 g/mol. The standard InChI is InChI=1S/C27H31FN4O7S/c1-37-25-9-6-21(18-22(25)28)40(35,36)31-14-12-30(13-15-31)20-5-7-24(32(33)34)23(17-20)29-11-10-19-4-8-26(38-2)27(16-19)39-3/h4-9,16-18,29H,10-15H2,1-3H3. The summed E-state index contributed by atoms with van der Waals surface area (Å²) in [7, 11) is 0.532. The van der Waals surface area contributed by atoms with E-state index in [9.17, 15) is 22.9 Å². The summed E-state index contributed by atoms with van der Waals surface area (Å²) in [5.74, 6) is 0.437. The molecule has 0 aromatic heterocycles. The Kier molecular flexibility index (Phi) is 8.95. The number of piperazine rings is 1. The maximum Gasteiger partial charge on any atom is 0.292 e. The zero-order valence-corrected chi connectivity index (χ0v) is 23.2. The number of hydrogen-bond donors (Lipinski definition) is 1. The molecular weight excluding hydrogens is 543 g/mol. The molecule has 0 bridgehead atoms. The molecule has 3 aromatic carbocycles. The van der Waals surface area contributed by atoms with Crippen LogP contribution in [0.1, 0.15) is 5.56 Å². The van der Waals surface area contributed by atoms with Crippen LogP contribution in [0.25, 0.3) is 0 Å². The van der Waals surface area contributed by atoms with Crippen molar-refractivity contribution in [3.63, 3.8) is 0 Å². The normalized spacial score (nSPS) is 14.1. The first-order chi connectivity index (χ1) is 19.2. The third-order valence-corrected chi connectivity index (χ3v) is 8.61. The monoisotopic (exact) mass is 574 g/mol. The van der Waals surface area contributed by atoms with E-state index in [2.05, 4.69) is 5.32 Å². The number of nitrogens with zero attached hydrogens (tertiary/aromatic N) is 3. The van der Waals surface area contributed by atoms with Crippen molar-refractivity contribution in [3.05, 3.63) is 76.1 Å². The Morgan fingerprint density at radius 1 is 0.900 bits per heavy atom. The van der Waals surface area contributed by atoms with E-state index in [1.807, 2.05) is 23.1 Å². The van der Waals surface area contributed by atoms with Crippen molar-refractivity contribution >= 4 is 27.1 Å². The number of nitrogens with one attached hydrogen (secondary N) is 1. The quantitative estimate of drug-likeness (QED) is 0.268. The summed E-state index contributed by atoms with van der Waals surface area (Å²) in [6.07, 6.45) is 0.588. The third-order valence-electron chi connectivity index (χ3n) is 6.72. The number of anilines is 2. The van der Waals surface area contributed by atoms with Gasteiger partial charge in [0, 0.05) is 44.5 Å². The van der Waals surface area contributed by atoms with Gasteiger partial charge in [0.05, 0.1) is 31.1 Å². The number of methoxy groups -OCH3 is 3. The Labute approximate surface area is 232 Å². The van der Waals surface area contributed by atoms with E-state index in [1.165, 1.54) is 29.6 Å². The first-order valence-corrected chi connectivity index (χ1v) is 13.9. The third kappa shape index (κ3) is 6.20. The largest absolute Gasteiger partial charge is 0.494 e. The lowest BCUT2D eigenvalue weighted by Gasteiger charge is -2.35. The van der Waals surface area contributed by atoms with Crippen LogP contribution in [-0.2, 0) is 16.4 Å². The molecule has 0 amide bonds. The molecule has 1 aliphatic heterocycles. The topological polar surface area (TPSA) is 123 Å². The van der Waals surface area contributed by atoms with Gasteiger partial charge in [-0.25, -0.2) is 12.8 Å². The summed E-state index contributed by atoms with van der Waals surface area (Å²) in [4.78, 5) is 13.0. The smallest absolute Gasteiger partial charge is 0.292 e. The van der Waals surface area contributed by atoms with Crippen molar-refractivity contribution in [1.82, 2.24) is 4.31 Å². The van der Waals surface area contributed by atoms with Crippen molar-refractivity contribution in [2.24, 2.45) is 0 Å². The number of rotatable bonds is 11. The zero-order valence-electron chi connectivity index (χ0n) is 22.4. The van der Waals surface area contributed by atoms with Gasteiger partial charge in [-0.2, -0.15) is 4.31 Å². The Balaban J connectivity index is 1.43. The fourth-order valence-corrected chi connectivity index (χ4v) is 5.98. The minimum Gasteiger partial charge on any atom is -0.494 e. The second-order valence-electron chi connectivity index (χ2n) is 9.01. The van der Waals surface area contributed by atoms with E-state index in [-0.39, 0.29) is 29.4 Å². The number of nitro benzene ring substituents is 1. The summed E-state index contributed by atoms with van der Waals surface area (Å²) in [5.41, 5.74) is 2.01. The highest BCUT2D eigenvalue weighted by atomic mass is 32.2. The van der Waals surface area contributed by atoms with Crippen molar-refractivity contribution in [2.75, 3.05) is 64.3 Å². The Morgan fingerprint density at radius 3 is 2.20 bits per heavy atom. The van der Waals surface area contributed by atoms with Crippen LogP contribution in [0.3, 0.4) is 0 Å². The minimum absolute atomic E-state index is 0.0323. The van der Waals surface area contributed by atoms with E-state index in [0.29, 0.717) is 43.2 Å². The van der Waals surface area contributed by atoms with E-state index >= 15 is 0 Å². The Bertz CT molecular complexity index is 1480. The Hall–Kier alpha value is -4.10. The highest BCUT2D eigenvalue weighted by Crippen LogP contribution is 2.32. The molecule has 1 aliphatic rings. The molecule has 0 unspecified atom stereocenters. The van der Waals surface area contributed by atoms with Gasteiger partial charge in [-0.1, -0.05) is 6.07 Å². The van der Waals surface area contributed by atoms with E-state index in [0.717, 1.165) is 17.3 Å². The van der Waals surface area contributed by atoms with Crippen molar-refractivity contribution in [2.45, 2.75) is 11.3 Å². The van der Waals surface area contributed by atoms with Crippen molar-refractivity contribution in [1.29, 1.82) is 0 Å². The van der Waals surface area contributed by atoms with E-state index in [1.54, 1.807) is 26.4 Å². The molecule has 0 radical (unpaired) electrons.